The minimum absolute atomic E-state index is 0.624. The molecular weight excluding hydrogens is 172 g/mol. The van der Waals surface area contributed by atoms with E-state index in [1.54, 1.807) is 0 Å². The molecule has 0 fully saturated rings. The smallest absolute Gasteiger partial charge is 0.127 e. The van der Waals surface area contributed by atoms with Crippen molar-refractivity contribution in [2.45, 2.75) is 34.6 Å². The van der Waals surface area contributed by atoms with E-state index < -0.39 is 0 Å². The Labute approximate surface area is 87.8 Å². The van der Waals surface area contributed by atoms with Gasteiger partial charge in [-0.1, -0.05) is 17.7 Å². The summed E-state index contributed by atoms with van der Waals surface area (Å²) in [6, 6.07) is 0. The lowest BCUT2D eigenvalue weighted by Crippen LogP contribution is -2.30. The minimum Gasteiger partial charge on any atom is -0.357 e. The Morgan fingerprint density at radius 3 is 2.00 bits per heavy atom. The SMILES string of the molecule is CC=C(C=C(C)C)C(=N)N(CC)CC. The fourth-order valence-electron chi connectivity index (χ4n) is 1.32. The van der Waals surface area contributed by atoms with Gasteiger partial charge in [-0.2, -0.15) is 0 Å². The van der Waals surface area contributed by atoms with Crippen LogP contribution in [0.5, 0.6) is 0 Å². The molecule has 1 N–H and O–H groups in total. The number of likely N-dealkylation sites (N-methyl/N-ethyl adjacent to an activating group) is 1. The van der Waals surface area contributed by atoms with Gasteiger partial charge in [0.1, 0.15) is 5.84 Å². The van der Waals surface area contributed by atoms with Crippen LogP contribution in [0, 0.1) is 5.41 Å². The van der Waals surface area contributed by atoms with Crippen molar-refractivity contribution in [3.8, 4) is 0 Å². The molecule has 0 aromatic heterocycles. The predicted molar refractivity (Wildman–Crippen MR) is 63.8 cm³/mol. The molecule has 0 spiro atoms. The molecule has 14 heavy (non-hydrogen) atoms. The van der Waals surface area contributed by atoms with E-state index in [1.165, 1.54) is 5.57 Å². The van der Waals surface area contributed by atoms with Crippen LogP contribution in [0.3, 0.4) is 0 Å². The number of nitrogens with zero attached hydrogens (tertiary/aromatic N) is 1. The van der Waals surface area contributed by atoms with Gasteiger partial charge in [-0.25, -0.2) is 0 Å². The first-order chi connectivity index (χ1) is 6.56. The fraction of sp³-hybridized carbons (Fsp3) is 0.583. The molecule has 0 atom stereocenters. The molecule has 0 bridgehead atoms. The third kappa shape index (κ3) is 3.77. The molecule has 0 aromatic carbocycles. The molecule has 80 valence electrons. The lowest BCUT2D eigenvalue weighted by Gasteiger charge is -2.22. The maximum atomic E-state index is 8.01. The van der Waals surface area contributed by atoms with Crippen molar-refractivity contribution in [1.82, 2.24) is 4.90 Å². The Kier molecular flexibility index (Phi) is 5.93. The van der Waals surface area contributed by atoms with Gasteiger partial charge in [0.15, 0.2) is 0 Å². The Hall–Kier alpha value is -1.05. The molecule has 0 radical (unpaired) electrons. The molecule has 0 rings (SSSR count). The highest BCUT2D eigenvalue weighted by molar-refractivity contribution is 5.98. The second-order valence-electron chi connectivity index (χ2n) is 3.49. The van der Waals surface area contributed by atoms with Crippen LogP contribution in [0.2, 0.25) is 0 Å². The molecule has 2 nitrogen and oxygen atoms in total. The zero-order valence-electron chi connectivity index (χ0n) is 10.0. The van der Waals surface area contributed by atoms with Gasteiger partial charge < -0.3 is 4.90 Å². The molecule has 0 aliphatic carbocycles. The summed E-state index contributed by atoms with van der Waals surface area (Å²) in [5.74, 6) is 0.624. The van der Waals surface area contributed by atoms with E-state index in [0.29, 0.717) is 5.84 Å². The summed E-state index contributed by atoms with van der Waals surface area (Å²) in [6.45, 7) is 12.0. The highest BCUT2D eigenvalue weighted by Crippen LogP contribution is 2.07. The van der Waals surface area contributed by atoms with E-state index in [2.05, 4.69) is 38.7 Å². The standard InChI is InChI=1S/C12H22N2/c1-6-11(9-10(4)5)12(13)14(7-2)8-3/h6,9,13H,7-8H2,1-5H3. The van der Waals surface area contributed by atoms with Crippen molar-refractivity contribution in [3.63, 3.8) is 0 Å². The summed E-state index contributed by atoms with van der Waals surface area (Å²) in [5.41, 5.74) is 2.24. The van der Waals surface area contributed by atoms with Crippen LogP contribution < -0.4 is 0 Å². The number of allylic oxidation sites excluding steroid dienone is 2. The van der Waals surface area contributed by atoms with E-state index in [1.807, 2.05) is 13.0 Å². The van der Waals surface area contributed by atoms with E-state index in [-0.39, 0.29) is 0 Å². The van der Waals surface area contributed by atoms with Crippen molar-refractivity contribution in [2.24, 2.45) is 0 Å². The third-order valence-corrected chi connectivity index (χ3v) is 2.11. The highest BCUT2D eigenvalue weighted by Gasteiger charge is 2.07. The molecule has 2 heteroatoms. The van der Waals surface area contributed by atoms with Gasteiger partial charge in [0.2, 0.25) is 0 Å². The van der Waals surface area contributed by atoms with Crippen molar-refractivity contribution >= 4 is 5.84 Å². The molecule has 0 saturated carbocycles. The quantitative estimate of drug-likeness (QED) is 0.415. The van der Waals surface area contributed by atoms with Gasteiger partial charge in [0.25, 0.3) is 0 Å². The first kappa shape index (κ1) is 12.9. The van der Waals surface area contributed by atoms with Crippen molar-refractivity contribution in [3.05, 3.63) is 23.3 Å². The number of hydrogen-bond donors (Lipinski definition) is 1. The van der Waals surface area contributed by atoms with E-state index in [9.17, 15) is 0 Å². The van der Waals surface area contributed by atoms with Crippen molar-refractivity contribution in [1.29, 1.82) is 5.41 Å². The lowest BCUT2D eigenvalue weighted by atomic mass is 10.1. The first-order valence-corrected chi connectivity index (χ1v) is 5.21. The van der Waals surface area contributed by atoms with Crippen LogP contribution in [0.1, 0.15) is 34.6 Å². The molecule has 0 aromatic rings. The summed E-state index contributed by atoms with van der Waals surface area (Å²) in [4.78, 5) is 2.05. The first-order valence-electron chi connectivity index (χ1n) is 5.21. The van der Waals surface area contributed by atoms with Crippen LogP contribution in [0.25, 0.3) is 0 Å². The van der Waals surface area contributed by atoms with Crippen LogP contribution in [-0.2, 0) is 0 Å². The van der Waals surface area contributed by atoms with E-state index >= 15 is 0 Å². The molecule has 0 heterocycles. The third-order valence-electron chi connectivity index (χ3n) is 2.11. The number of nitrogens with one attached hydrogen (secondary N) is 1. The van der Waals surface area contributed by atoms with Crippen molar-refractivity contribution in [2.75, 3.05) is 13.1 Å². The largest absolute Gasteiger partial charge is 0.357 e. The number of hydrogen-bond acceptors (Lipinski definition) is 1. The second-order valence-corrected chi connectivity index (χ2v) is 3.49. The number of amidine groups is 1. The monoisotopic (exact) mass is 194 g/mol. The van der Waals surface area contributed by atoms with Crippen molar-refractivity contribution < 1.29 is 0 Å². The van der Waals surface area contributed by atoms with Gasteiger partial charge in [0.05, 0.1) is 0 Å². The highest BCUT2D eigenvalue weighted by atomic mass is 15.2. The second kappa shape index (κ2) is 6.41. The van der Waals surface area contributed by atoms with Gasteiger partial charge in [-0.15, -0.1) is 0 Å². The molecule has 0 aliphatic rings. The number of rotatable bonds is 4. The summed E-state index contributed by atoms with van der Waals surface area (Å²) in [7, 11) is 0. The molecule has 0 unspecified atom stereocenters. The van der Waals surface area contributed by atoms with Crippen LogP contribution in [0.15, 0.2) is 23.3 Å². The Morgan fingerprint density at radius 1 is 1.21 bits per heavy atom. The Bertz CT molecular complexity index is 241. The lowest BCUT2D eigenvalue weighted by molar-refractivity contribution is 0.463. The maximum absolute atomic E-state index is 8.01. The predicted octanol–water partition coefficient (Wildman–Crippen LogP) is 3.22. The molecule has 0 saturated heterocycles. The molecule has 0 aliphatic heterocycles. The van der Waals surface area contributed by atoms with Gasteiger partial charge in [-0.3, -0.25) is 5.41 Å². The normalized spacial score (nSPS) is 11.1. The zero-order valence-corrected chi connectivity index (χ0v) is 10.0. The summed E-state index contributed by atoms with van der Waals surface area (Å²) in [5, 5.41) is 8.01. The zero-order chi connectivity index (χ0) is 11.1. The summed E-state index contributed by atoms with van der Waals surface area (Å²) < 4.78 is 0. The van der Waals surface area contributed by atoms with Gasteiger partial charge >= 0.3 is 0 Å². The molecule has 0 amide bonds. The average Bonchev–Trinajstić information content (AvgIpc) is 2.15. The van der Waals surface area contributed by atoms with E-state index in [0.717, 1.165) is 18.7 Å². The summed E-state index contributed by atoms with van der Waals surface area (Å²) >= 11 is 0. The van der Waals surface area contributed by atoms with Crippen LogP contribution in [0.4, 0.5) is 0 Å². The molecular formula is C12H22N2. The van der Waals surface area contributed by atoms with Gasteiger partial charge in [0, 0.05) is 18.7 Å². The Balaban J connectivity index is 4.72. The van der Waals surface area contributed by atoms with E-state index in [4.69, 9.17) is 5.41 Å². The summed E-state index contributed by atoms with van der Waals surface area (Å²) in [6.07, 6.45) is 4.05. The minimum atomic E-state index is 0.624. The maximum Gasteiger partial charge on any atom is 0.127 e. The Morgan fingerprint density at radius 2 is 1.71 bits per heavy atom. The average molecular weight is 194 g/mol. The fourth-order valence-corrected chi connectivity index (χ4v) is 1.32. The van der Waals surface area contributed by atoms with Gasteiger partial charge in [-0.05, 0) is 34.6 Å². The van der Waals surface area contributed by atoms with Crippen LogP contribution in [-0.4, -0.2) is 23.8 Å². The topological polar surface area (TPSA) is 27.1 Å². The van der Waals surface area contributed by atoms with Crippen LogP contribution >= 0.6 is 0 Å².